The minimum Gasteiger partial charge on any atom is -0.467 e. The number of hydrogen-bond donors (Lipinski definition) is 1. The standard InChI is InChI=1S/C17H20F3NO3/c1-5-15(2,3)16(14(23)24-4,21-13(22)17(18,19)20)11-12-9-7-6-8-10-12/h5-10H,1,11H2,2-4H3,(H,21,22). The maximum absolute atomic E-state index is 12.8. The minimum atomic E-state index is -5.13. The number of amides is 1. The van der Waals surface area contributed by atoms with Crippen LogP contribution < -0.4 is 5.32 Å². The molecule has 0 saturated heterocycles. The van der Waals surface area contributed by atoms with Gasteiger partial charge in [0.1, 0.15) is 0 Å². The molecule has 7 heteroatoms. The highest BCUT2D eigenvalue weighted by Crippen LogP contribution is 2.37. The lowest BCUT2D eigenvalue weighted by atomic mass is 9.68. The predicted molar refractivity (Wildman–Crippen MR) is 83.1 cm³/mol. The van der Waals surface area contributed by atoms with Gasteiger partial charge in [-0.3, -0.25) is 4.79 Å². The molecule has 0 saturated carbocycles. The number of nitrogens with one attached hydrogen (secondary N) is 1. The van der Waals surface area contributed by atoms with Gasteiger partial charge in [0.25, 0.3) is 0 Å². The van der Waals surface area contributed by atoms with Crippen LogP contribution >= 0.6 is 0 Å². The predicted octanol–water partition coefficient (Wildman–Crippen LogP) is 3.03. The highest BCUT2D eigenvalue weighted by Gasteiger charge is 2.55. The molecule has 1 aromatic rings. The Balaban J connectivity index is 3.47. The van der Waals surface area contributed by atoms with Crippen LogP contribution in [-0.4, -0.2) is 30.7 Å². The fourth-order valence-corrected chi connectivity index (χ4v) is 2.33. The van der Waals surface area contributed by atoms with E-state index in [1.54, 1.807) is 30.3 Å². The molecule has 4 nitrogen and oxygen atoms in total. The molecule has 0 aromatic heterocycles. The van der Waals surface area contributed by atoms with Gasteiger partial charge in [-0.15, -0.1) is 6.58 Å². The molecule has 24 heavy (non-hydrogen) atoms. The van der Waals surface area contributed by atoms with Gasteiger partial charge in [-0.1, -0.05) is 50.3 Å². The van der Waals surface area contributed by atoms with E-state index in [0.29, 0.717) is 5.56 Å². The first-order valence-corrected chi connectivity index (χ1v) is 7.15. The molecular weight excluding hydrogens is 323 g/mol. The molecule has 0 aliphatic heterocycles. The average Bonchev–Trinajstić information content (AvgIpc) is 2.53. The van der Waals surface area contributed by atoms with E-state index in [0.717, 1.165) is 7.11 Å². The molecule has 0 fully saturated rings. The molecule has 1 aromatic carbocycles. The normalized spacial score (nSPS) is 14.4. The number of rotatable bonds is 6. The van der Waals surface area contributed by atoms with Crippen molar-refractivity contribution in [3.8, 4) is 0 Å². The van der Waals surface area contributed by atoms with E-state index in [-0.39, 0.29) is 6.42 Å². The van der Waals surface area contributed by atoms with Crippen molar-refractivity contribution >= 4 is 11.9 Å². The molecule has 1 unspecified atom stereocenters. The Bertz CT molecular complexity index is 611. The quantitative estimate of drug-likeness (QED) is 0.638. The number of hydrogen-bond acceptors (Lipinski definition) is 3. The van der Waals surface area contributed by atoms with Crippen molar-refractivity contribution in [1.29, 1.82) is 0 Å². The topological polar surface area (TPSA) is 55.4 Å². The van der Waals surface area contributed by atoms with Crippen LogP contribution in [-0.2, 0) is 20.7 Å². The fourth-order valence-electron chi connectivity index (χ4n) is 2.33. The number of ether oxygens (including phenoxy) is 1. The molecule has 1 N–H and O–H groups in total. The number of carbonyl (C=O) groups is 2. The van der Waals surface area contributed by atoms with Crippen LogP contribution in [0.2, 0.25) is 0 Å². The summed E-state index contributed by atoms with van der Waals surface area (Å²) in [6.07, 6.45) is -3.99. The number of esters is 1. The van der Waals surface area contributed by atoms with Gasteiger partial charge in [-0.25, -0.2) is 4.79 Å². The number of methoxy groups -OCH3 is 1. The second-order valence-corrected chi connectivity index (χ2v) is 5.94. The SMILES string of the molecule is C=CC(C)(C)C(Cc1ccccc1)(NC(=O)C(F)(F)F)C(=O)OC. The number of halogens is 3. The molecule has 132 valence electrons. The van der Waals surface area contributed by atoms with Gasteiger partial charge in [-0.2, -0.15) is 13.2 Å². The van der Waals surface area contributed by atoms with Crippen LogP contribution in [0.15, 0.2) is 43.0 Å². The highest BCUT2D eigenvalue weighted by atomic mass is 19.4. The van der Waals surface area contributed by atoms with E-state index in [1.165, 1.54) is 19.9 Å². The lowest BCUT2D eigenvalue weighted by Gasteiger charge is -2.43. The van der Waals surface area contributed by atoms with E-state index in [4.69, 9.17) is 4.74 Å². The van der Waals surface area contributed by atoms with Crippen molar-refractivity contribution in [2.45, 2.75) is 32.0 Å². The van der Waals surface area contributed by atoms with Crippen LogP contribution in [0, 0.1) is 5.41 Å². The second-order valence-electron chi connectivity index (χ2n) is 5.94. The molecule has 0 aliphatic carbocycles. The van der Waals surface area contributed by atoms with E-state index in [2.05, 4.69) is 6.58 Å². The third-order valence-corrected chi connectivity index (χ3v) is 4.04. The van der Waals surface area contributed by atoms with E-state index in [1.807, 2.05) is 5.32 Å². The summed E-state index contributed by atoms with van der Waals surface area (Å²) in [5.74, 6) is -3.19. The Morgan fingerprint density at radius 1 is 1.21 bits per heavy atom. The first-order chi connectivity index (χ1) is 11.0. The first kappa shape index (κ1) is 19.7. The molecule has 0 spiro atoms. The number of carbonyl (C=O) groups excluding carboxylic acids is 2. The average molecular weight is 343 g/mol. The van der Waals surface area contributed by atoms with Gasteiger partial charge >= 0.3 is 18.1 Å². The van der Waals surface area contributed by atoms with E-state index >= 15 is 0 Å². The Morgan fingerprint density at radius 2 is 1.75 bits per heavy atom. The highest BCUT2D eigenvalue weighted by molar-refractivity contribution is 5.91. The van der Waals surface area contributed by atoms with Crippen molar-refractivity contribution < 1.29 is 27.5 Å². The Hall–Kier alpha value is -2.31. The molecular formula is C17H20F3NO3. The third kappa shape index (κ3) is 3.96. The zero-order valence-corrected chi connectivity index (χ0v) is 13.7. The van der Waals surface area contributed by atoms with Crippen LogP contribution in [0.3, 0.4) is 0 Å². The maximum Gasteiger partial charge on any atom is 0.471 e. The largest absolute Gasteiger partial charge is 0.471 e. The van der Waals surface area contributed by atoms with E-state index in [9.17, 15) is 22.8 Å². The minimum absolute atomic E-state index is 0.179. The molecule has 0 bridgehead atoms. The van der Waals surface area contributed by atoms with Crippen molar-refractivity contribution in [1.82, 2.24) is 5.32 Å². The second kappa shape index (κ2) is 7.07. The lowest BCUT2D eigenvalue weighted by Crippen LogP contribution is -2.66. The monoisotopic (exact) mass is 343 g/mol. The third-order valence-electron chi connectivity index (χ3n) is 4.04. The summed E-state index contributed by atoms with van der Waals surface area (Å²) in [6, 6.07) is 8.40. The fraction of sp³-hybridized carbons (Fsp3) is 0.412. The molecule has 0 aliphatic rings. The van der Waals surface area contributed by atoms with Gasteiger partial charge in [0.15, 0.2) is 5.54 Å². The summed E-state index contributed by atoms with van der Waals surface area (Å²) < 4.78 is 43.1. The van der Waals surface area contributed by atoms with Crippen molar-refractivity contribution in [2.75, 3.05) is 7.11 Å². The summed E-state index contributed by atoms with van der Waals surface area (Å²) in [6.45, 7) is 6.61. The van der Waals surface area contributed by atoms with E-state index < -0.39 is 29.0 Å². The molecule has 1 rings (SSSR count). The van der Waals surface area contributed by atoms with Crippen LogP contribution in [0.4, 0.5) is 13.2 Å². The van der Waals surface area contributed by atoms with Gasteiger partial charge in [0, 0.05) is 11.8 Å². The van der Waals surface area contributed by atoms with Gasteiger partial charge in [0.2, 0.25) is 0 Å². The Kier molecular flexibility index (Phi) is 5.81. The zero-order chi connectivity index (χ0) is 18.6. The molecule has 0 radical (unpaired) electrons. The van der Waals surface area contributed by atoms with Gasteiger partial charge in [0.05, 0.1) is 7.11 Å². The summed E-state index contributed by atoms with van der Waals surface area (Å²) in [4.78, 5) is 24.0. The summed E-state index contributed by atoms with van der Waals surface area (Å²) in [5.41, 5.74) is -2.60. The van der Waals surface area contributed by atoms with Gasteiger partial charge in [-0.05, 0) is 5.56 Å². The van der Waals surface area contributed by atoms with Crippen LogP contribution in [0.1, 0.15) is 19.4 Å². The smallest absolute Gasteiger partial charge is 0.467 e. The Morgan fingerprint density at radius 3 is 2.17 bits per heavy atom. The molecule has 1 amide bonds. The Labute approximate surface area is 138 Å². The van der Waals surface area contributed by atoms with Crippen LogP contribution in [0.5, 0.6) is 0 Å². The van der Waals surface area contributed by atoms with Crippen LogP contribution in [0.25, 0.3) is 0 Å². The lowest BCUT2D eigenvalue weighted by molar-refractivity contribution is -0.180. The van der Waals surface area contributed by atoms with Crippen molar-refractivity contribution in [3.05, 3.63) is 48.6 Å². The molecule has 1 atom stereocenters. The summed E-state index contributed by atoms with van der Waals surface area (Å²) >= 11 is 0. The number of benzene rings is 1. The van der Waals surface area contributed by atoms with Crippen molar-refractivity contribution in [2.24, 2.45) is 5.41 Å². The maximum atomic E-state index is 12.8. The first-order valence-electron chi connectivity index (χ1n) is 7.15. The van der Waals surface area contributed by atoms with Crippen molar-refractivity contribution in [3.63, 3.8) is 0 Å². The molecule has 0 heterocycles. The summed E-state index contributed by atoms with van der Waals surface area (Å²) in [7, 11) is 1.06. The van der Waals surface area contributed by atoms with Gasteiger partial charge < -0.3 is 10.1 Å². The zero-order valence-electron chi connectivity index (χ0n) is 13.7. The number of alkyl halides is 3. The summed E-state index contributed by atoms with van der Waals surface area (Å²) in [5, 5.41) is 1.85.